The number of methoxy groups -OCH3 is 1. The number of thioether (sulfide) groups is 1. The van der Waals surface area contributed by atoms with Gasteiger partial charge in [-0.05, 0) is 50.3 Å². The number of ether oxygens (including phenoxy) is 1. The van der Waals surface area contributed by atoms with E-state index in [1.165, 1.54) is 34.0 Å². The van der Waals surface area contributed by atoms with Crippen LogP contribution in [0.4, 0.5) is 4.39 Å². The minimum Gasteiger partial charge on any atom is -0.468 e. The highest BCUT2D eigenvalue weighted by Gasteiger charge is 2.26. The maximum Gasteiger partial charge on any atom is 0.318 e. The SMILES string of the molecule is COC(=O)[C@H](C)Sc1nc2sc3c(c2c(=O)n1-c1ccccc1F)CCCC3. The number of nitrogens with zero attached hydrogens (tertiary/aromatic N) is 2. The van der Waals surface area contributed by atoms with E-state index in [1.54, 1.807) is 25.1 Å². The van der Waals surface area contributed by atoms with Crippen LogP contribution >= 0.6 is 23.1 Å². The Labute approximate surface area is 169 Å². The molecule has 0 bridgehead atoms. The van der Waals surface area contributed by atoms with E-state index in [1.807, 2.05) is 0 Å². The van der Waals surface area contributed by atoms with Crippen LogP contribution in [0.1, 0.15) is 30.2 Å². The average Bonchev–Trinajstić information content (AvgIpc) is 3.07. The molecule has 2 heterocycles. The van der Waals surface area contributed by atoms with Gasteiger partial charge in [0.05, 0.1) is 18.2 Å². The van der Waals surface area contributed by atoms with E-state index in [4.69, 9.17) is 4.74 Å². The minimum absolute atomic E-state index is 0.136. The van der Waals surface area contributed by atoms with Gasteiger partial charge in [-0.15, -0.1) is 11.3 Å². The van der Waals surface area contributed by atoms with Gasteiger partial charge in [0.25, 0.3) is 5.56 Å². The van der Waals surface area contributed by atoms with Crippen LogP contribution in [0.25, 0.3) is 15.9 Å². The molecule has 0 aliphatic heterocycles. The van der Waals surface area contributed by atoms with Crippen molar-refractivity contribution in [3.63, 3.8) is 0 Å². The second kappa shape index (κ2) is 7.67. The molecule has 1 aliphatic carbocycles. The molecule has 0 fully saturated rings. The Hall–Kier alpha value is -2.19. The molecule has 5 nitrogen and oxygen atoms in total. The van der Waals surface area contributed by atoms with E-state index in [9.17, 15) is 14.0 Å². The predicted octanol–water partition coefficient (Wildman–Crippen LogP) is 4.12. The number of rotatable bonds is 4. The van der Waals surface area contributed by atoms with Crippen molar-refractivity contribution in [2.24, 2.45) is 0 Å². The molecule has 146 valence electrons. The van der Waals surface area contributed by atoms with Gasteiger partial charge in [-0.3, -0.25) is 14.2 Å². The molecule has 0 N–H and O–H groups in total. The lowest BCUT2D eigenvalue weighted by molar-refractivity contribution is -0.139. The molecule has 1 atom stereocenters. The van der Waals surface area contributed by atoms with Gasteiger partial charge >= 0.3 is 5.97 Å². The fourth-order valence-electron chi connectivity index (χ4n) is 3.48. The van der Waals surface area contributed by atoms with Crippen molar-refractivity contribution >= 4 is 39.3 Å². The summed E-state index contributed by atoms with van der Waals surface area (Å²) in [4.78, 5) is 31.9. The van der Waals surface area contributed by atoms with E-state index >= 15 is 0 Å². The van der Waals surface area contributed by atoms with E-state index in [2.05, 4.69) is 4.98 Å². The molecule has 1 aromatic carbocycles. The van der Waals surface area contributed by atoms with Crippen molar-refractivity contribution in [3.8, 4) is 5.69 Å². The van der Waals surface area contributed by atoms with Crippen LogP contribution in [-0.4, -0.2) is 27.9 Å². The number of carbonyl (C=O) groups excluding carboxylic acids is 1. The van der Waals surface area contributed by atoms with Gasteiger partial charge in [-0.1, -0.05) is 23.9 Å². The van der Waals surface area contributed by atoms with Gasteiger partial charge in [0.2, 0.25) is 0 Å². The Balaban J connectivity index is 1.98. The van der Waals surface area contributed by atoms with Crippen molar-refractivity contribution in [2.45, 2.75) is 43.0 Å². The molecule has 28 heavy (non-hydrogen) atoms. The summed E-state index contributed by atoms with van der Waals surface area (Å²) >= 11 is 2.63. The first-order valence-corrected chi connectivity index (χ1v) is 10.8. The number of aromatic nitrogens is 2. The van der Waals surface area contributed by atoms with Crippen molar-refractivity contribution in [2.75, 3.05) is 7.11 Å². The van der Waals surface area contributed by atoms with E-state index in [0.717, 1.165) is 43.0 Å². The highest BCUT2D eigenvalue weighted by Crippen LogP contribution is 2.36. The maximum atomic E-state index is 14.6. The molecule has 0 saturated carbocycles. The first kappa shape index (κ1) is 19.1. The van der Waals surface area contributed by atoms with E-state index < -0.39 is 17.0 Å². The molecular formula is C20H19FN2O3S2. The fourth-order valence-corrected chi connectivity index (χ4v) is 5.73. The number of fused-ring (bicyclic) bond motifs is 3. The molecular weight excluding hydrogens is 399 g/mol. The lowest BCUT2D eigenvalue weighted by Gasteiger charge is -2.15. The quantitative estimate of drug-likeness (QED) is 0.362. The number of esters is 1. The number of carbonyl (C=O) groups is 1. The van der Waals surface area contributed by atoms with Crippen LogP contribution in [0.5, 0.6) is 0 Å². The third kappa shape index (κ3) is 3.24. The zero-order chi connectivity index (χ0) is 19.8. The molecule has 0 spiro atoms. The van der Waals surface area contributed by atoms with Gasteiger partial charge in [0.1, 0.15) is 15.9 Å². The van der Waals surface area contributed by atoms with Gasteiger partial charge in [0, 0.05) is 4.88 Å². The normalized spacial score (nSPS) is 14.7. The van der Waals surface area contributed by atoms with Crippen molar-refractivity contribution in [1.82, 2.24) is 9.55 Å². The van der Waals surface area contributed by atoms with Crippen molar-refractivity contribution in [3.05, 3.63) is 50.9 Å². The Morgan fingerprint density at radius 1 is 1.32 bits per heavy atom. The minimum atomic E-state index is -0.582. The number of para-hydroxylation sites is 1. The lowest BCUT2D eigenvalue weighted by atomic mass is 9.97. The highest BCUT2D eigenvalue weighted by molar-refractivity contribution is 8.00. The summed E-state index contributed by atoms with van der Waals surface area (Å²) in [5.41, 5.74) is 0.901. The Morgan fingerprint density at radius 2 is 2.07 bits per heavy atom. The highest BCUT2D eigenvalue weighted by atomic mass is 32.2. The molecule has 0 amide bonds. The predicted molar refractivity (Wildman–Crippen MR) is 109 cm³/mol. The number of thiophene rings is 1. The summed E-state index contributed by atoms with van der Waals surface area (Å²) in [6.45, 7) is 1.68. The van der Waals surface area contributed by atoms with Crippen LogP contribution < -0.4 is 5.56 Å². The molecule has 4 rings (SSSR count). The van der Waals surface area contributed by atoms with Crippen LogP contribution in [-0.2, 0) is 22.4 Å². The monoisotopic (exact) mass is 418 g/mol. The molecule has 0 radical (unpaired) electrons. The molecule has 1 aliphatic rings. The van der Waals surface area contributed by atoms with Gasteiger partial charge in [-0.2, -0.15) is 0 Å². The average molecular weight is 419 g/mol. The van der Waals surface area contributed by atoms with E-state index in [0.29, 0.717) is 15.4 Å². The summed E-state index contributed by atoms with van der Waals surface area (Å²) in [6.07, 6.45) is 3.92. The summed E-state index contributed by atoms with van der Waals surface area (Å²) in [5.74, 6) is -0.938. The van der Waals surface area contributed by atoms with Crippen LogP contribution in [0.15, 0.2) is 34.2 Å². The Bertz CT molecular complexity index is 1120. The zero-order valence-corrected chi connectivity index (χ0v) is 17.2. The maximum absolute atomic E-state index is 14.6. The van der Waals surface area contributed by atoms with Crippen LogP contribution in [0.3, 0.4) is 0 Å². The van der Waals surface area contributed by atoms with Crippen LogP contribution in [0, 0.1) is 5.82 Å². The molecule has 3 aromatic rings. The molecule has 8 heteroatoms. The summed E-state index contributed by atoms with van der Waals surface area (Å²) in [6, 6.07) is 6.12. The number of benzene rings is 1. The Kier molecular flexibility index (Phi) is 5.25. The van der Waals surface area contributed by atoms with Gasteiger partial charge in [-0.25, -0.2) is 9.37 Å². The van der Waals surface area contributed by atoms with Crippen LogP contribution in [0.2, 0.25) is 0 Å². The number of aryl methyl sites for hydroxylation is 2. The fraction of sp³-hybridized carbons (Fsp3) is 0.350. The number of hydrogen-bond acceptors (Lipinski definition) is 6. The first-order chi connectivity index (χ1) is 13.5. The molecule has 0 unspecified atom stereocenters. The smallest absolute Gasteiger partial charge is 0.318 e. The first-order valence-electron chi connectivity index (χ1n) is 9.08. The van der Waals surface area contributed by atoms with Gasteiger partial charge in [0.15, 0.2) is 5.16 Å². The lowest BCUT2D eigenvalue weighted by Crippen LogP contribution is -2.25. The Morgan fingerprint density at radius 3 is 2.82 bits per heavy atom. The number of hydrogen-bond donors (Lipinski definition) is 0. The van der Waals surface area contributed by atoms with E-state index in [-0.39, 0.29) is 11.2 Å². The van der Waals surface area contributed by atoms with Crippen molar-refractivity contribution in [1.29, 1.82) is 0 Å². The molecule has 2 aromatic heterocycles. The zero-order valence-electron chi connectivity index (χ0n) is 15.5. The summed E-state index contributed by atoms with van der Waals surface area (Å²) < 4.78 is 20.7. The second-order valence-electron chi connectivity index (χ2n) is 6.66. The third-order valence-electron chi connectivity index (χ3n) is 4.87. The molecule has 0 saturated heterocycles. The number of halogens is 1. The standard InChI is InChI=1S/C20H19FN2O3S2/c1-11(19(25)26-2)27-20-22-17-16(12-7-3-6-10-15(12)28-17)18(24)23(20)14-9-5-4-8-13(14)21/h4-5,8-9,11H,3,6-7,10H2,1-2H3/t11-/m0/s1. The second-order valence-corrected chi connectivity index (χ2v) is 9.05. The largest absolute Gasteiger partial charge is 0.468 e. The van der Waals surface area contributed by atoms with Crippen molar-refractivity contribution < 1.29 is 13.9 Å². The topological polar surface area (TPSA) is 61.2 Å². The van der Waals surface area contributed by atoms with Gasteiger partial charge < -0.3 is 4.74 Å². The summed E-state index contributed by atoms with van der Waals surface area (Å²) in [5, 5.41) is 0.291. The third-order valence-corrected chi connectivity index (χ3v) is 7.08. The summed E-state index contributed by atoms with van der Waals surface area (Å²) in [7, 11) is 1.31.